The Morgan fingerprint density at radius 3 is 2.69 bits per heavy atom. The van der Waals surface area contributed by atoms with Crippen LogP contribution in [0.5, 0.6) is 0 Å². The van der Waals surface area contributed by atoms with E-state index in [0.717, 1.165) is 6.26 Å². The summed E-state index contributed by atoms with van der Waals surface area (Å²) in [6, 6.07) is 2.89. The van der Waals surface area contributed by atoms with Crippen molar-refractivity contribution >= 4 is 11.7 Å². The molecule has 2 N–H and O–H groups in total. The number of ketones is 1. The zero-order valence-electron chi connectivity index (χ0n) is 6.56. The van der Waals surface area contributed by atoms with E-state index in [0.29, 0.717) is 0 Å². The van der Waals surface area contributed by atoms with E-state index in [1.807, 2.05) is 0 Å². The summed E-state index contributed by atoms with van der Waals surface area (Å²) in [5.74, 6) is -3.02. The summed E-state index contributed by atoms with van der Waals surface area (Å²) in [7, 11) is 0. The maximum absolute atomic E-state index is 11.3. The lowest BCUT2D eigenvalue weighted by molar-refractivity contribution is -0.119. The van der Waals surface area contributed by atoms with Gasteiger partial charge in [-0.05, 0) is 6.07 Å². The molecular formula is C8H6N2O3. The van der Waals surface area contributed by atoms with Crippen molar-refractivity contribution in [3.8, 4) is 6.07 Å². The molecule has 1 aromatic rings. The van der Waals surface area contributed by atoms with Gasteiger partial charge in [-0.3, -0.25) is 9.59 Å². The van der Waals surface area contributed by atoms with E-state index in [2.05, 4.69) is 4.42 Å². The number of rotatable bonds is 3. The number of nitrogens with two attached hydrogens (primary N) is 1. The lowest BCUT2D eigenvalue weighted by atomic mass is 10.0. The third kappa shape index (κ3) is 1.73. The minimum Gasteiger partial charge on any atom is -0.472 e. The van der Waals surface area contributed by atoms with Gasteiger partial charge in [-0.15, -0.1) is 0 Å². The molecule has 5 nitrogen and oxygen atoms in total. The van der Waals surface area contributed by atoms with Crippen LogP contribution in [0.4, 0.5) is 0 Å². The quantitative estimate of drug-likeness (QED) is 0.523. The molecule has 0 aliphatic carbocycles. The van der Waals surface area contributed by atoms with Gasteiger partial charge in [0.05, 0.1) is 17.9 Å². The largest absolute Gasteiger partial charge is 0.472 e. The van der Waals surface area contributed by atoms with Gasteiger partial charge < -0.3 is 10.2 Å². The van der Waals surface area contributed by atoms with Crippen molar-refractivity contribution in [2.75, 3.05) is 0 Å². The molecule has 0 aromatic carbocycles. The lowest BCUT2D eigenvalue weighted by Gasteiger charge is -1.99. The van der Waals surface area contributed by atoms with Crippen LogP contribution in [0.15, 0.2) is 23.0 Å². The highest BCUT2D eigenvalue weighted by Crippen LogP contribution is 2.08. The molecule has 0 radical (unpaired) electrons. The van der Waals surface area contributed by atoms with Gasteiger partial charge in [-0.2, -0.15) is 5.26 Å². The van der Waals surface area contributed by atoms with Crippen LogP contribution in [0, 0.1) is 17.2 Å². The van der Waals surface area contributed by atoms with Gasteiger partial charge in [0.1, 0.15) is 6.26 Å². The van der Waals surface area contributed by atoms with Crippen LogP contribution in [0.3, 0.4) is 0 Å². The lowest BCUT2D eigenvalue weighted by Crippen LogP contribution is -2.28. The first-order chi connectivity index (χ1) is 6.16. The van der Waals surface area contributed by atoms with Crippen molar-refractivity contribution in [1.29, 1.82) is 5.26 Å². The molecule has 0 aliphatic rings. The summed E-state index contributed by atoms with van der Waals surface area (Å²) in [4.78, 5) is 21.9. The molecular weight excluding hydrogens is 172 g/mol. The summed E-state index contributed by atoms with van der Waals surface area (Å²) in [6.07, 6.45) is 2.44. The predicted molar refractivity (Wildman–Crippen MR) is 41.3 cm³/mol. The molecule has 1 heterocycles. The maximum Gasteiger partial charge on any atom is 0.242 e. The van der Waals surface area contributed by atoms with E-state index in [1.54, 1.807) is 0 Å². The summed E-state index contributed by atoms with van der Waals surface area (Å²) < 4.78 is 4.63. The fourth-order valence-electron chi connectivity index (χ4n) is 0.823. The Hall–Kier alpha value is -2.09. The Balaban J connectivity index is 2.91. The first-order valence-corrected chi connectivity index (χ1v) is 3.42. The molecule has 0 spiro atoms. The van der Waals surface area contributed by atoms with Crippen LogP contribution < -0.4 is 5.73 Å². The highest BCUT2D eigenvalue weighted by molar-refractivity contribution is 6.11. The first-order valence-electron chi connectivity index (χ1n) is 3.42. The number of furan rings is 1. The molecule has 0 fully saturated rings. The highest BCUT2D eigenvalue weighted by atomic mass is 16.3. The molecule has 1 amide bonds. The van der Waals surface area contributed by atoms with Gasteiger partial charge in [0.25, 0.3) is 0 Å². The molecule has 1 atom stereocenters. The Morgan fingerprint density at radius 2 is 2.31 bits per heavy atom. The minimum atomic E-state index is -1.43. The Labute approximate surface area is 73.7 Å². The third-order valence-electron chi connectivity index (χ3n) is 1.48. The van der Waals surface area contributed by atoms with Gasteiger partial charge in [0.2, 0.25) is 5.91 Å². The van der Waals surface area contributed by atoms with Crippen molar-refractivity contribution in [1.82, 2.24) is 0 Å². The Morgan fingerprint density at radius 1 is 1.62 bits per heavy atom. The van der Waals surface area contributed by atoms with E-state index in [-0.39, 0.29) is 5.56 Å². The molecule has 1 rings (SSSR count). The van der Waals surface area contributed by atoms with Gasteiger partial charge in [-0.1, -0.05) is 0 Å². The third-order valence-corrected chi connectivity index (χ3v) is 1.48. The molecule has 0 bridgehead atoms. The average molecular weight is 178 g/mol. The summed E-state index contributed by atoms with van der Waals surface area (Å²) in [6.45, 7) is 0. The fraction of sp³-hybridized carbons (Fsp3) is 0.125. The molecule has 0 saturated carbocycles. The normalized spacial score (nSPS) is 11.6. The monoisotopic (exact) mass is 178 g/mol. The van der Waals surface area contributed by atoms with Gasteiger partial charge in [0, 0.05) is 0 Å². The second-order valence-corrected chi connectivity index (χ2v) is 2.34. The molecule has 1 aromatic heterocycles. The fourth-order valence-corrected chi connectivity index (χ4v) is 0.823. The number of carbonyl (C=O) groups is 2. The number of amides is 1. The molecule has 0 aliphatic heterocycles. The second kappa shape index (κ2) is 3.54. The predicted octanol–water partition coefficient (Wildman–Crippen LogP) is 0.0874. The molecule has 0 saturated heterocycles. The number of carbonyl (C=O) groups excluding carboxylic acids is 2. The van der Waals surface area contributed by atoms with E-state index < -0.39 is 17.6 Å². The number of Topliss-reactive ketones (excluding diaryl/α,β-unsaturated/α-hetero) is 1. The molecule has 1 unspecified atom stereocenters. The van der Waals surface area contributed by atoms with E-state index in [1.165, 1.54) is 18.4 Å². The zero-order chi connectivity index (χ0) is 9.84. The smallest absolute Gasteiger partial charge is 0.242 e. The van der Waals surface area contributed by atoms with Crippen LogP contribution in [0.1, 0.15) is 10.4 Å². The van der Waals surface area contributed by atoms with E-state index in [4.69, 9.17) is 11.0 Å². The zero-order valence-corrected chi connectivity index (χ0v) is 6.56. The van der Waals surface area contributed by atoms with Crippen molar-refractivity contribution in [2.45, 2.75) is 0 Å². The molecule has 13 heavy (non-hydrogen) atoms. The summed E-state index contributed by atoms with van der Waals surface area (Å²) >= 11 is 0. The van der Waals surface area contributed by atoms with Gasteiger partial charge in [0.15, 0.2) is 11.7 Å². The van der Waals surface area contributed by atoms with Gasteiger partial charge >= 0.3 is 0 Å². The maximum atomic E-state index is 11.3. The summed E-state index contributed by atoms with van der Waals surface area (Å²) in [5, 5.41) is 8.46. The van der Waals surface area contributed by atoms with Crippen LogP contribution >= 0.6 is 0 Å². The van der Waals surface area contributed by atoms with Gasteiger partial charge in [-0.25, -0.2) is 0 Å². The Bertz CT molecular complexity index is 361. The van der Waals surface area contributed by atoms with E-state index in [9.17, 15) is 9.59 Å². The van der Waals surface area contributed by atoms with Crippen molar-refractivity contribution in [2.24, 2.45) is 11.7 Å². The van der Waals surface area contributed by atoms with Crippen LogP contribution in [0.2, 0.25) is 0 Å². The SMILES string of the molecule is N#CC(C(N)=O)C(=O)c1ccoc1. The Kier molecular flexibility index (Phi) is 2.45. The topological polar surface area (TPSA) is 97.1 Å². The van der Waals surface area contributed by atoms with Crippen LogP contribution in [-0.4, -0.2) is 11.7 Å². The van der Waals surface area contributed by atoms with E-state index >= 15 is 0 Å². The number of nitriles is 1. The van der Waals surface area contributed by atoms with Crippen LogP contribution in [-0.2, 0) is 4.79 Å². The number of primary amides is 1. The van der Waals surface area contributed by atoms with Crippen molar-refractivity contribution < 1.29 is 14.0 Å². The minimum absolute atomic E-state index is 0.172. The molecule has 66 valence electrons. The standard InChI is InChI=1S/C8H6N2O3/c9-3-6(8(10)12)7(11)5-1-2-13-4-5/h1-2,4,6H,(H2,10,12). The second-order valence-electron chi connectivity index (χ2n) is 2.34. The number of nitrogens with zero attached hydrogens (tertiary/aromatic N) is 1. The number of hydrogen-bond acceptors (Lipinski definition) is 4. The first kappa shape index (κ1) is 9.00. The average Bonchev–Trinajstić information content (AvgIpc) is 2.56. The number of hydrogen-bond donors (Lipinski definition) is 1. The van der Waals surface area contributed by atoms with Crippen molar-refractivity contribution in [3.05, 3.63) is 24.2 Å². The summed E-state index contributed by atoms with van der Waals surface area (Å²) in [5.41, 5.74) is 5.01. The van der Waals surface area contributed by atoms with Crippen LogP contribution in [0.25, 0.3) is 0 Å². The van der Waals surface area contributed by atoms with Crippen molar-refractivity contribution in [3.63, 3.8) is 0 Å². The highest BCUT2D eigenvalue weighted by Gasteiger charge is 2.25. The molecule has 5 heteroatoms.